The minimum absolute atomic E-state index is 0.0732. The molecule has 0 saturated heterocycles. The summed E-state index contributed by atoms with van der Waals surface area (Å²) in [4.78, 5) is 35.1. The number of esters is 1. The summed E-state index contributed by atoms with van der Waals surface area (Å²) >= 11 is 0. The molecule has 7 nitrogen and oxygen atoms in total. The number of imide groups is 1. The van der Waals surface area contributed by atoms with Crippen LogP contribution in [0.1, 0.15) is 37.7 Å². The standard InChI is InChI=1S/C18H23FN2O5/c1-25-15-8-7-12(9-14(15)19)10-17(23)26-11-16(22)21-18(24)20-13-5-3-2-4-6-13/h7-9,13H,2-6,10-11H2,1H3,(H2,20,21,22,24). The van der Waals surface area contributed by atoms with Crippen molar-refractivity contribution < 1.29 is 28.2 Å². The lowest BCUT2D eigenvalue weighted by Crippen LogP contribution is -2.46. The van der Waals surface area contributed by atoms with Crippen molar-refractivity contribution in [3.05, 3.63) is 29.6 Å². The maximum atomic E-state index is 13.6. The van der Waals surface area contributed by atoms with E-state index in [9.17, 15) is 18.8 Å². The lowest BCUT2D eigenvalue weighted by molar-refractivity contribution is -0.147. The average molecular weight is 366 g/mol. The van der Waals surface area contributed by atoms with Crippen LogP contribution in [0.5, 0.6) is 5.75 Å². The minimum atomic E-state index is -0.715. The Balaban J connectivity index is 1.70. The summed E-state index contributed by atoms with van der Waals surface area (Å²) in [6.45, 7) is -0.574. The van der Waals surface area contributed by atoms with Crippen molar-refractivity contribution in [1.29, 1.82) is 0 Å². The fourth-order valence-corrected chi connectivity index (χ4v) is 2.81. The molecular weight excluding hydrogens is 343 g/mol. The number of hydrogen-bond donors (Lipinski definition) is 2. The zero-order valence-corrected chi connectivity index (χ0v) is 14.7. The van der Waals surface area contributed by atoms with Crippen molar-refractivity contribution in [3.63, 3.8) is 0 Å². The van der Waals surface area contributed by atoms with E-state index in [-0.39, 0.29) is 18.2 Å². The molecule has 1 fully saturated rings. The number of methoxy groups -OCH3 is 1. The number of halogens is 1. The summed E-state index contributed by atoms with van der Waals surface area (Å²) < 4.78 is 23.2. The number of carbonyl (C=O) groups excluding carboxylic acids is 3. The first-order valence-electron chi connectivity index (χ1n) is 8.56. The van der Waals surface area contributed by atoms with Gasteiger partial charge in [-0.3, -0.25) is 14.9 Å². The fourth-order valence-electron chi connectivity index (χ4n) is 2.81. The van der Waals surface area contributed by atoms with Crippen LogP contribution < -0.4 is 15.4 Å². The molecule has 0 spiro atoms. The van der Waals surface area contributed by atoms with Gasteiger partial charge in [0.2, 0.25) is 0 Å². The van der Waals surface area contributed by atoms with Gasteiger partial charge in [-0.05, 0) is 30.5 Å². The smallest absolute Gasteiger partial charge is 0.321 e. The van der Waals surface area contributed by atoms with Crippen LogP contribution in [-0.4, -0.2) is 37.7 Å². The zero-order valence-electron chi connectivity index (χ0n) is 14.7. The van der Waals surface area contributed by atoms with Crippen LogP contribution in [-0.2, 0) is 20.7 Å². The Hall–Kier alpha value is -2.64. The van der Waals surface area contributed by atoms with Crippen molar-refractivity contribution in [3.8, 4) is 5.75 Å². The van der Waals surface area contributed by atoms with Crippen LogP contribution in [0.25, 0.3) is 0 Å². The molecule has 26 heavy (non-hydrogen) atoms. The molecule has 0 atom stereocenters. The number of ether oxygens (including phenoxy) is 2. The number of amides is 3. The van der Waals surface area contributed by atoms with Crippen LogP contribution >= 0.6 is 0 Å². The molecule has 0 bridgehead atoms. The molecule has 0 heterocycles. The van der Waals surface area contributed by atoms with E-state index in [4.69, 9.17) is 9.47 Å². The second-order valence-corrected chi connectivity index (χ2v) is 6.16. The van der Waals surface area contributed by atoms with E-state index in [1.54, 1.807) is 0 Å². The Morgan fingerprint density at radius 1 is 1.19 bits per heavy atom. The number of benzene rings is 1. The second kappa shape index (κ2) is 9.74. The highest BCUT2D eigenvalue weighted by Crippen LogP contribution is 2.18. The predicted octanol–water partition coefficient (Wildman–Crippen LogP) is 2.08. The molecule has 1 saturated carbocycles. The molecule has 0 aromatic heterocycles. The van der Waals surface area contributed by atoms with Crippen LogP contribution in [0.3, 0.4) is 0 Å². The molecule has 8 heteroatoms. The Labute approximate surface area is 151 Å². The van der Waals surface area contributed by atoms with Gasteiger partial charge in [0, 0.05) is 6.04 Å². The third-order valence-electron chi connectivity index (χ3n) is 4.12. The monoisotopic (exact) mass is 366 g/mol. The number of nitrogens with one attached hydrogen (secondary N) is 2. The van der Waals surface area contributed by atoms with E-state index in [1.807, 2.05) is 0 Å². The Bertz CT molecular complexity index is 659. The maximum absolute atomic E-state index is 13.6. The van der Waals surface area contributed by atoms with Crippen LogP contribution in [0.4, 0.5) is 9.18 Å². The SMILES string of the molecule is COc1ccc(CC(=O)OCC(=O)NC(=O)NC2CCCCC2)cc1F. The molecule has 1 aliphatic rings. The highest BCUT2D eigenvalue weighted by atomic mass is 19.1. The van der Waals surface area contributed by atoms with Crippen LogP contribution in [0, 0.1) is 5.82 Å². The third kappa shape index (κ3) is 6.34. The van der Waals surface area contributed by atoms with Gasteiger partial charge in [0.25, 0.3) is 5.91 Å². The molecule has 142 valence electrons. The lowest BCUT2D eigenvalue weighted by atomic mass is 9.96. The summed E-state index contributed by atoms with van der Waals surface area (Å²) in [5.74, 6) is -1.93. The van der Waals surface area contributed by atoms with Crippen molar-refractivity contribution in [2.75, 3.05) is 13.7 Å². The van der Waals surface area contributed by atoms with Gasteiger partial charge < -0.3 is 14.8 Å². The minimum Gasteiger partial charge on any atom is -0.494 e. The number of hydrogen-bond acceptors (Lipinski definition) is 5. The molecule has 3 amide bonds. The van der Waals surface area contributed by atoms with Crippen molar-refractivity contribution >= 4 is 17.9 Å². The van der Waals surface area contributed by atoms with E-state index >= 15 is 0 Å². The van der Waals surface area contributed by atoms with Crippen molar-refractivity contribution in [1.82, 2.24) is 10.6 Å². The fraction of sp³-hybridized carbons (Fsp3) is 0.500. The first-order chi connectivity index (χ1) is 12.5. The van der Waals surface area contributed by atoms with Gasteiger partial charge in [-0.1, -0.05) is 25.3 Å². The molecule has 1 aliphatic carbocycles. The van der Waals surface area contributed by atoms with E-state index in [1.165, 1.54) is 19.2 Å². The normalized spacial score (nSPS) is 14.4. The molecule has 0 unspecified atom stereocenters. The van der Waals surface area contributed by atoms with Crippen LogP contribution in [0.2, 0.25) is 0 Å². The summed E-state index contributed by atoms with van der Waals surface area (Å²) in [6, 6.07) is 3.58. The number of urea groups is 1. The largest absolute Gasteiger partial charge is 0.494 e. The van der Waals surface area contributed by atoms with Gasteiger partial charge >= 0.3 is 12.0 Å². The molecule has 0 radical (unpaired) electrons. The summed E-state index contributed by atoms with van der Waals surface area (Å²) in [5.41, 5.74) is 0.392. The summed E-state index contributed by atoms with van der Waals surface area (Å²) in [6.07, 6.45) is 4.88. The van der Waals surface area contributed by atoms with Gasteiger partial charge in [-0.15, -0.1) is 0 Å². The van der Waals surface area contributed by atoms with Gasteiger partial charge in [-0.25, -0.2) is 9.18 Å². The third-order valence-corrected chi connectivity index (χ3v) is 4.12. The van der Waals surface area contributed by atoms with Gasteiger partial charge in [0.1, 0.15) is 0 Å². The van der Waals surface area contributed by atoms with Crippen molar-refractivity contribution in [2.45, 2.75) is 44.6 Å². The van der Waals surface area contributed by atoms with E-state index < -0.39 is 30.3 Å². The van der Waals surface area contributed by atoms with Crippen LogP contribution in [0.15, 0.2) is 18.2 Å². The van der Waals surface area contributed by atoms with Gasteiger partial charge in [0.15, 0.2) is 18.2 Å². The Morgan fingerprint density at radius 2 is 1.92 bits per heavy atom. The summed E-state index contributed by atoms with van der Waals surface area (Å²) in [7, 11) is 1.34. The van der Waals surface area contributed by atoms with E-state index in [2.05, 4.69) is 10.6 Å². The predicted molar refractivity (Wildman–Crippen MR) is 91.2 cm³/mol. The Morgan fingerprint density at radius 3 is 2.58 bits per heavy atom. The molecule has 1 aromatic carbocycles. The average Bonchev–Trinajstić information content (AvgIpc) is 2.61. The molecule has 2 N–H and O–H groups in total. The van der Waals surface area contributed by atoms with Gasteiger partial charge in [0.05, 0.1) is 13.5 Å². The highest BCUT2D eigenvalue weighted by Gasteiger charge is 2.17. The summed E-state index contributed by atoms with van der Waals surface area (Å²) in [5, 5.41) is 4.86. The quantitative estimate of drug-likeness (QED) is 0.752. The Kier molecular flexibility index (Phi) is 7.37. The lowest BCUT2D eigenvalue weighted by Gasteiger charge is -2.22. The molecule has 1 aromatic rings. The first kappa shape index (κ1) is 19.7. The zero-order chi connectivity index (χ0) is 18.9. The number of rotatable bonds is 6. The second-order valence-electron chi connectivity index (χ2n) is 6.16. The molecule has 2 rings (SSSR count). The van der Waals surface area contributed by atoms with Crippen molar-refractivity contribution in [2.24, 2.45) is 0 Å². The maximum Gasteiger partial charge on any atom is 0.321 e. The van der Waals surface area contributed by atoms with E-state index in [0.29, 0.717) is 5.56 Å². The van der Waals surface area contributed by atoms with Gasteiger partial charge in [-0.2, -0.15) is 0 Å². The van der Waals surface area contributed by atoms with E-state index in [0.717, 1.165) is 38.2 Å². The highest BCUT2D eigenvalue weighted by molar-refractivity contribution is 5.95. The molecular formula is C18H23FN2O5. The first-order valence-corrected chi connectivity index (χ1v) is 8.56. The topological polar surface area (TPSA) is 93.7 Å². The number of carbonyl (C=O) groups is 3. The molecule has 0 aliphatic heterocycles.